The summed E-state index contributed by atoms with van der Waals surface area (Å²) < 4.78 is 5.14. The van der Waals surface area contributed by atoms with E-state index < -0.39 is 0 Å². The highest BCUT2D eigenvalue weighted by Gasteiger charge is 2.09. The molecule has 0 spiro atoms. The molecule has 0 radical (unpaired) electrons. The Morgan fingerprint density at radius 3 is 2.76 bits per heavy atom. The second kappa shape index (κ2) is 8.61. The zero-order valence-electron chi connectivity index (χ0n) is 11.2. The second-order valence-corrected chi connectivity index (χ2v) is 5.36. The number of aryl methyl sites for hydroxylation is 1. The van der Waals surface area contributed by atoms with Crippen molar-refractivity contribution in [3.63, 3.8) is 0 Å². The summed E-state index contributed by atoms with van der Waals surface area (Å²) in [7, 11) is 1.72. The lowest BCUT2D eigenvalue weighted by atomic mass is 10.2. The van der Waals surface area contributed by atoms with Gasteiger partial charge in [-0.3, -0.25) is 0 Å². The van der Waals surface area contributed by atoms with E-state index in [1.54, 1.807) is 18.4 Å². The zero-order valence-corrected chi connectivity index (χ0v) is 12.0. The molecule has 0 saturated carbocycles. The van der Waals surface area contributed by atoms with Gasteiger partial charge in [-0.25, -0.2) is 4.98 Å². The van der Waals surface area contributed by atoms with Crippen LogP contribution in [0.25, 0.3) is 0 Å². The standard InChI is InChI=1S/C13H24N2OS/c1-4-6-8-14-9-12-11(7-5-2)15-13(17-12)10-16-3/h14H,4-10H2,1-3H3. The van der Waals surface area contributed by atoms with Crippen LogP contribution in [0.15, 0.2) is 0 Å². The molecule has 3 nitrogen and oxygen atoms in total. The quantitative estimate of drug-likeness (QED) is 0.689. The van der Waals surface area contributed by atoms with Gasteiger partial charge in [0.2, 0.25) is 0 Å². The Morgan fingerprint density at radius 2 is 2.12 bits per heavy atom. The number of rotatable bonds is 9. The molecule has 0 fully saturated rings. The minimum absolute atomic E-state index is 0.635. The van der Waals surface area contributed by atoms with Crippen LogP contribution < -0.4 is 5.32 Å². The first kappa shape index (κ1) is 14.6. The number of thiazole rings is 1. The molecule has 1 heterocycles. The van der Waals surface area contributed by atoms with Crippen LogP contribution in [0.5, 0.6) is 0 Å². The third kappa shape index (κ3) is 5.15. The van der Waals surface area contributed by atoms with Crippen LogP contribution >= 0.6 is 11.3 Å². The first-order valence-electron chi connectivity index (χ1n) is 6.48. The maximum absolute atomic E-state index is 5.14. The van der Waals surface area contributed by atoms with Crippen molar-refractivity contribution in [3.05, 3.63) is 15.6 Å². The molecule has 0 amide bonds. The molecular weight excluding hydrogens is 232 g/mol. The van der Waals surface area contributed by atoms with Gasteiger partial charge in [0.1, 0.15) is 5.01 Å². The predicted molar refractivity (Wildman–Crippen MR) is 73.4 cm³/mol. The summed E-state index contributed by atoms with van der Waals surface area (Å²) in [6.07, 6.45) is 4.71. The fourth-order valence-electron chi connectivity index (χ4n) is 1.70. The van der Waals surface area contributed by atoms with Crippen LogP contribution in [-0.2, 0) is 24.3 Å². The second-order valence-electron chi connectivity index (χ2n) is 4.19. The van der Waals surface area contributed by atoms with E-state index >= 15 is 0 Å². The molecule has 1 aromatic heterocycles. The summed E-state index contributed by atoms with van der Waals surface area (Å²) in [5, 5.41) is 4.59. The van der Waals surface area contributed by atoms with Crippen molar-refractivity contribution in [2.75, 3.05) is 13.7 Å². The molecule has 1 aromatic rings. The molecule has 0 aliphatic carbocycles. The van der Waals surface area contributed by atoms with E-state index in [1.165, 1.54) is 23.4 Å². The van der Waals surface area contributed by atoms with Crippen molar-refractivity contribution in [2.24, 2.45) is 0 Å². The fourth-order valence-corrected chi connectivity index (χ4v) is 2.75. The number of hydrogen-bond acceptors (Lipinski definition) is 4. The molecule has 4 heteroatoms. The molecule has 17 heavy (non-hydrogen) atoms. The number of hydrogen-bond donors (Lipinski definition) is 1. The van der Waals surface area contributed by atoms with Crippen LogP contribution in [0.3, 0.4) is 0 Å². The van der Waals surface area contributed by atoms with E-state index in [0.717, 1.165) is 30.9 Å². The van der Waals surface area contributed by atoms with Crippen molar-refractivity contribution in [1.29, 1.82) is 0 Å². The van der Waals surface area contributed by atoms with Gasteiger partial charge in [0, 0.05) is 18.5 Å². The van der Waals surface area contributed by atoms with Gasteiger partial charge < -0.3 is 10.1 Å². The van der Waals surface area contributed by atoms with Gasteiger partial charge in [-0.05, 0) is 19.4 Å². The number of ether oxygens (including phenoxy) is 1. The third-order valence-corrected chi connectivity index (χ3v) is 3.64. The van der Waals surface area contributed by atoms with Gasteiger partial charge in [0.15, 0.2) is 0 Å². The summed E-state index contributed by atoms with van der Waals surface area (Å²) in [6.45, 7) is 7.10. The highest BCUT2D eigenvalue weighted by molar-refractivity contribution is 7.11. The molecule has 98 valence electrons. The van der Waals surface area contributed by atoms with Crippen LogP contribution in [0.4, 0.5) is 0 Å². The fraction of sp³-hybridized carbons (Fsp3) is 0.769. The maximum Gasteiger partial charge on any atom is 0.119 e. The molecule has 0 aliphatic rings. The monoisotopic (exact) mass is 256 g/mol. The molecule has 0 saturated heterocycles. The summed E-state index contributed by atoms with van der Waals surface area (Å²) in [4.78, 5) is 6.03. The minimum atomic E-state index is 0.635. The van der Waals surface area contributed by atoms with Gasteiger partial charge in [0.25, 0.3) is 0 Å². The summed E-state index contributed by atoms with van der Waals surface area (Å²) in [5.74, 6) is 0. The van der Waals surface area contributed by atoms with Crippen LogP contribution in [0, 0.1) is 0 Å². The van der Waals surface area contributed by atoms with Crippen molar-refractivity contribution in [3.8, 4) is 0 Å². The topological polar surface area (TPSA) is 34.1 Å². The highest BCUT2D eigenvalue weighted by Crippen LogP contribution is 2.20. The van der Waals surface area contributed by atoms with Crippen molar-refractivity contribution < 1.29 is 4.74 Å². The lowest BCUT2D eigenvalue weighted by Gasteiger charge is -2.03. The van der Waals surface area contributed by atoms with E-state index in [9.17, 15) is 0 Å². The summed E-state index contributed by atoms with van der Waals surface area (Å²) >= 11 is 1.78. The van der Waals surface area contributed by atoms with Crippen molar-refractivity contribution >= 4 is 11.3 Å². The molecule has 1 N–H and O–H groups in total. The van der Waals surface area contributed by atoms with Gasteiger partial charge in [0.05, 0.1) is 12.3 Å². The molecule has 0 aliphatic heterocycles. The third-order valence-electron chi connectivity index (χ3n) is 2.57. The first-order valence-corrected chi connectivity index (χ1v) is 7.30. The Labute approximate surface area is 109 Å². The van der Waals surface area contributed by atoms with Crippen LogP contribution in [-0.4, -0.2) is 18.6 Å². The van der Waals surface area contributed by atoms with Crippen molar-refractivity contribution in [1.82, 2.24) is 10.3 Å². The van der Waals surface area contributed by atoms with Crippen molar-refractivity contribution in [2.45, 2.75) is 52.7 Å². The molecule has 0 atom stereocenters. The number of methoxy groups -OCH3 is 1. The summed E-state index contributed by atoms with van der Waals surface area (Å²) in [6, 6.07) is 0. The van der Waals surface area contributed by atoms with Gasteiger partial charge >= 0.3 is 0 Å². The normalized spacial score (nSPS) is 11.0. The molecular formula is C13H24N2OS. The van der Waals surface area contributed by atoms with E-state index in [2.05, 4.69) is 24.1 Å². The van der Waals surface area contributed by atoms with E-state index in [0.29, 0.717) is 6.61 Å². The Kier molecular flexibility index (Phi) is 7.40. The van der Waals surface area contributed by atoms with Gasteiger partial charge in [-0.1, -0.05) is 26.7 Å². The highest BCUT2D eigenvalue weighted by atomic mass is 32.1. The minimum Gasteiger partial charge on any atom is -0.378 e. The Balaban J connectivity index is 2.54. The Hall–Kier alpha value is -0.450. The number of aromatic nitrogens is 1. The van der Waals surface area contributed by atoms with Crippen LogP contribution in [0.2, 0.25) is 0 Å². The maximum atomic E-state index is 5.14. The summed E-state index contributed by atoms with van der Waals surface area (Å²) in [5.41, 5.74) is 1.26. The van der Waals surface area contributed by atoms with Gasteiger partial charge in [-0.15, -0.1) is 11.3 Å². The van der Waals surface area contributed by atoms with E-state index in [-0.39, 0.29) is 0 Å². The molecule has 0 aromatic carbocycles. The predicted octanol–water partition coefficient (Wildman–Crippen LogP) is 3.13. The van der Waals surface area contributed by atoms with Gasteiger partial charge in [-0.2, -0.15) is 0 Å². The molecule has 0 bridgehead atoms. The molecule has 1 rings (SSSR count). The average molecular weight is 256 g/mol. The number of nitrogens with one attached hydrogen (secondary N) is 1. The smallest absolute Gasteiger partial charge is 0.119 e. The lowest BCUT2D eigenvalue weighted by molar-refractivity contribution is 0.184. The lowest BCUT2D eigenvalue weighted by Crippen LogP contribution is -2.14. The zero-order chi connectivity index (χ0) is 12.5. The average Bonchev–Trinajstić information content (AvgIpc) is 2.68. The first-order chi connectivity index (χ1) is 8.31. The van der Waals surface area contributed by atoms with Crippen LogP contribution in [0.1, 0.15) is 48.7 Å². The Morgan fingerprint density at radius 1 is 1.29 bits per heavy atom. The van der Waals surface area contributed by atoms with E-state index in [4.69, 9.17) is 4.74 Å². The SMILES string of the molecule is CCCCNCc1sc(COC)nc1CCC. The Bertz CT molecular complexity index is 312. The number of unbranched alkanes of at least 4 members (excludes halogenated alkanes) is 1. The number of nitrogens with zero attached hydrogens (tertiary/aromatic N) is 1. The van der Waals surface area contributed by atoms with E-state index in [1.807, 2.05) is 0 Å². The largest absolute Gasteiger partial charge is 0.378 e. The molecule has 0 unspecified atom stereocenters.